The number of halogens is 2. The molecule has 0 saturated heterocycles. The van der Waals surface area contributed by atoms with Crippen LogP contribution in [0.2, 0.25) is 5.02 Å². The molecule has 0 amide bonds. The highest BCUT2D eigenvalue weighted by molar-refractivity contribution is 6.30. The SMILES string of the molecule is NCCCn1cc(-c2ccc(Cl)c(F)c2)nn1. The Morgan fingerprint density at radius 1 is 1.41 bits per heavy atom. The molecule has 0 aliphatic heterocycles. The van der Waals surface area contributed by atoms with Crippen molar-refractivity contribution in [2.75, 3.05) is 6.54 Å². The molecule has 1 aromatic heterocycles. The maximum absolute atomic E-state index is 13.3. The van der Waals surface area contributed by atoms with Gasteiger partial charge in [0, 0.05) is 12.1 Å². The predicted molar refractivity (Wildman–Crippen MR) is 64.1 cm³/mol. The lowest BCUT2D eigenvalue weighted by molar-refractivity contribution is 0.564. The van der Waals surface area contributed by atoms with E-state index in [0.717, 1.165) is 6.42 Å². The van der Waals surface area contributed by atoms with Gasteiger partial charge in [0.15, 0.2) is 0 Å². The van der Waals surface area contributed by atoms with Crippen molar-refractivity contribution in [1.29, 1.82) is 0 Å². The zero-order valence-electron chi connectivity index (χ0n) is 9.11. The van der Waals surface area contributed by atoms with Crippen molar-refractivity contribution in [3.63, 3.8) is 0 Å². The molecule has 0 aliphatic carbocycles. The van der Waals surface area contributed by atoms with Crippen molar-refractivity contribution in [2.24, 2.45) is 5.73 Å². The van der Waals surface area contributed by atoms with Gasteiger partial charge in [0.2, 0.25) is 0 Å². The van der Waals surface area contributed by atoms with Crippen molar-refractivity contribution < 1.29 is 4.39 Å². The van der Waals surface area contributed by atoms with E-state index in [1.807, 2.05) is 0 Å². The van der Waals surface area contributed by atoms with E-state index in [1.54, 1.807) is 16.9 Å². The summed E-state index contributed by atoms with van der Waals surface area (Å²) in [5.74, 6) is -0.458. The molecule has 0 spiro atoms. The second kappa shape index (κ2) is 5.25. The molecule has 90 valence electrons. The summed E-state index contributed by atoms with van der Waals surface area (Å²) in [6, 6.07) is 4.56. The number of hydrogen-bond acceptors (Lipinski definition) is 3. The lowest BCUT2D eigenvalue weighted by Gasteiger charge is -1.98. The second-order valence-electron chi connectivity index (χ2n) is 3.64. The fraction of sp³-hybridized carbons (Fsp3) is 0.273. The normalized spacial score (nSPS) is 10.8. The fourth-order valence-corrected chi connectivity index (χ4v) is 1.57. The highest BCUT2D eigenvalue weighted by atomic mass is 35.5. The summed E-state index contributed by atoms with van der Waals surface area (Å²) in [4.78, 5) is 0. The number of aryl methyl sites for hydroxylation is 1. The lowest BCUT2D eigenvalue weighted by atomic mass is 10.2. The van der Waals surface area contributed by atoms with E-state index in [9.17, 15) is 4.39 Å². The van der Waals surface area contributed by atoms with Gasteiger partial charge in [-0.15, -0.1) is 5.10 Å². The van der Waals surface area contributed by atoms with Crippen LogP contribution in [0.4, 0.5) is 4.39 Å². The molecule has 0 aliphatic rings. The van der Waals surface area contributed by atoms with E-state index in [0.29, 0.717) is 24.3 Å². The molecule has 0 saturated carbocycles. The van der Waals surface area contributed by atoms with Crippen molar-refractivity contribution in [3.8, 4) is 11.3 Å². The third-order valence-electron chi connectivity index (χ3n) is 2.35. The molecule has 1 heterocycles. The van der Waals surface area contributed by atoms with Gasteiger partial charge >= 0.3 is 0 Å². The maximum atomic E-state index is 13.3. The number of aromatic nitrogens is 3. The van der Waals surface area contributed by atoms with E-state index < -0.39 is 5.82 Å². The Kier molecular flexibility index (Phi) is 3.71. The Bertz CT molecular complexity index is 512. The highest BCUT2D eigenvalue weighted by Gasteiger charge is 2.06. The number of hydrogen-bond donors (Lipinski definition) is 1. The Labute approximate surface area is 103 Å². The first-order valence-corrected chi connectivity index (χ1v) is 5.64. The van der Waals surface area contributed by atoms with Crippen LogP contribution < -0.4 is 5.73 Å². The van der Waals surface area contributed by atoms with Crippen LogP contribution in [0, 0.1) is 5.82 Å². The summed E-state index contributed by atoms with van der Waals surface area (Å²) in [5, 5.41) is 8.01. The van der Waals surface area contributed by atoms with E-state index in [4.69, 9.17) is 17.3 Å². The molecule has 2 aromatic rings. The van der Waals surface area contributed by atoms with Crippen LogP contribution in [0.25, 0.3) is 11.3 Å². The first-order valence-electron chi connectivity index (χ1n) is 5.26. The Balaban J connectivity index is 2.21. The van der Waals surface area contributed by atoms with Crippen LogP contribution in [0.3, 0.4) is 0 Å². The van der Waals surface area contributed by atoms with Gasteiger partial charge in [-0.3, -0.25) is 4.68 Å². The highest BCUT2D eigenvalue weighted by Crippen LogP contribution is 2.22. The minimum Gasteiger partial charge on any atom is -0.330 e. The van der Waals surface area contributed by atoms with Crippen LogP contribution in [-0.4, -0.2) is 21.5 Å². The first-order chi connectivity index (χ1) is 8.20. The molecule has 4 nitrogen and oxygen atoms in total. The molecule has 0 fully saturated rings. The van der Waals surface area contributed by atoms with Crippen molar-refractivity contribution >= 4 is 11.6 Å². The van der Waals surface area contributed by atoms with Crippen LogP contribution in [0.5, 0.6) is 0 Å². The molecule has 2 rings (SSSR count). The van der Waals surface area contributed by atoms with Crippen LogP contribution >= 0.6 is 11.6 Å². The van der Waals surface area contributed by atoms with Crippen molar-refractivity contribution in [1.82, 2.24) is 15.0 Å². The molecule has 0 bridgehead atoms. The summed E-state index contributed by atoms with van der Waals surface area (Å²) in [5.41, 5.74) is 6.69. The Morgan fingerprint density at radius 2 is 2.24 bits per heavy atom. The molecule has 0 unspecified atom stereocenters. The van der Waals surface area contributed by atoms with Gasteiger partial charge in [0.05, 0.1) is 11.2 Å². The average Bonchev–Trinajstić information content (AvgIpc) is 2.79. The van der Waals surface area contributed by atoms with E-state index in [1.165, 1.54) is 12.1 Å². The van der Waals surface area contributed by atoms with Gasteiger partial charge in [-0.05, 0) is 25.1 Å². The summed E-state index contributed by atoms with van der Waals surface area (Å²) in [6.07, 6.45) is 2.59. The maximum Gasteiger partial charge on any atom is 0.142 e. The van der Waals surface area contributed by atoms with Gasteiger partial charge in [-0.25, -0.2) is 4.39 Å². The lowest BCUT2D eigenvalue weighted by Crippen LogP contribution is -2.06. The van der Waals surface area contributed by atoms with Crippen LogP contribution in [0.15, 0.2) is 24.4 Å². The minimum atomic E-state index is -0.458. The standard InChI is InChI=1S/C11H12ClFN4/c12-9-3-2-8(6-10(9)13)11-7-17(16-15-11)5-1-4-14/h2-3,6-7H,1,4-5,14H2. The van der Waals surface area contributed by atoms with Gasteiger partial charge in [-0.2, -0.15) is 0 Å². The number of nitrogens with zero attached hydrogens (tertiary/aromatic N) is 3. The summed E-state index contributed by atoms with van der Waals surface area (Å²) >= 11 is 5.61. The van der Waals surface area contributed by atoms with E-state index >= 15 is 0 Å². The topological polar surface area (TPSA) is 56.7 Å². The van der Waals surface area contributed by atoms with Gasteiger partial charge < -0.3 is 5.73 Å². The predicted octanol–water partition coefficient (Wildman–Crippen LogP) is 2.09. The fourth-order valence-electron chi connectivity index (χ4n) is 1.45. The van der Waals surface area contributed by atoms with Gasteiger partial charge in [-0.1, -0.05) is 22.9 Å². The molecule has 1 aromatic carbocycles. The molecule has 6 heteroatoms. The third-order valence-corrected chi connectivity index (χ3v) is 2.65. The quantitative estimate of drug-likeness (QED) is 0.909. The smallest absolute Gasteiger partial charge is 0.142 e. The van der Waals surface area contributed by atoms with Crippen molar-refractivity contribution in [2.45, 2.75) is 13.0 Å². The summed E-state index contributed by atoms with van der Waals surface area (Å²) in [7, 11) is 0. The minimum absolute atomic E-state index is 0.101. The third kappa shape index (κ3) is 2.81. The second-order valence-corrected chi connectivity index (χ2v) is 4.05. The molecular weight excluding hydrogens is 243 g/mol. The monoisotopic (exact) mass is 254 g/mol. The summed E-state index contributed by atoms with van der Waals surface area (Å²) < 4.78 is 15.0. The van der Waals surface area contributed by atoms with Gasteiger partial charge in [0.25, 0.3) is 0 Å². The zero-order valence-corrected chi connectivity index (χ0v) is 9.86. The number of nitrogens with two attached hydrogens (primary N) is 1. The largest absolute Gasteiger partial charge is 0.330 e. The zero-order chi connectivity index (χ0) is 12.3. The van der Waals surface area contributed by atoms with Crippen molar-refractivity contribution in [3.05, 3.63) is 35.2 Å². The van der Waals surface area contributed by atoms with Gasteiger partial charge in [0.1, 0.15) is 11.5 Å². The van der Waals surface area contributed by atoms with Crippen LogP contribution in [0.1, 0.15) is 6.42 Å². The average molecular weight is 255 g/mol. The molecule has 0 atom stereocenters. The number of rotatable bonds is 4. The molecule has 2 N–H and O–H groups in total. The Morgan fingerprint density at radius 3 is 2.94 bits per heavy atom. The van der Waals surface area contributed by atoms with E-state index in [2.05, 4.69) is 10.3 Å². The molecule has 17 heavy (non-hydrogen) atoms. The van der Waals surface area contributed by atoms with E-state index in [-0.39, 0.29) is 5.02 Å². The molecule has 0 radical (unpaired) electrons. The molecular formula is C11H12ClFN4. The first kappa shape index (κ1) is 12.0. The summed E-state index contributed by atoms with van der Waals surface area (Å²) in [6.45, 7) is 1.31. The Hall–Kier alpha value is -1.46. The van der Waals surface area contributed by atoms with Crippen LogP contribution in [-0.2, 0) is 6.54 Å². The number of benzene rings is 1.